The minimum absolute atomic E-state index is 0.301. The molecule has 2 aromatic carbocycles. The molecule has 4 rings (SSSR count). The molecule has 2 aromatic heterocycles. The van der Waals surface area contributed by atoms with Crippen molar-refractivity contribution in [2.75, 3.05) is 5.43 Å². The van der Waals surface area contributed by atoms with Crippen LogP contribution in [0.4, 0.5) is 5.95 Å². The van der Waals surface area contributed by atoms with E-state index in [2.05, 4.69) is 41.6 Å². The molecular formula is C20H14BrN5O. The van der Waals surface area contributed by atoms with Gasteiger partial charge in [0.2, 0.25) is 0 Å². The predicted octanol–water partition coefficient (Wildman–Crippen LogP) is 5.01. The summed E-state index contributed by atoms with van der Waals surface area (Å²) < 4.78 is 6.00. The van der Waals surface area contributed by atoms with Gasteiger partial charge in [0.15, 0.2) is 4.67 Å². The number of hydrogen-bond acceptors (Lipinski definition) is 6. The molecule has 0 aliphatic heterocycles. The van der Waals surface area contributed by atoms with E-state index < -0.39 is 0 Å². The number of benzene rings is 2. The third-order valence-corrected chi connectivity index (χ3v) is 4.16. The first-order valence-corrected chi connectivity index (χ1v) is 8.99. The summed E-state index contributed by atoms with van der Waals surface area (Å²) in [6.45, 7) is 0. The van der Waals surface area contributed by atoms with Crippen molar-refractivity contribution in [1.29, 1.82) is 0 Å². The van der Waals surface area contributed by atoms with Gasteiger partial charge in [-0.1, -0.05) is 60.7 Å². The van der Waals surface area contributed by atoms with Gasteiger partial charge in [-0.25, -0.2) is 10.4 Å². The van der Waals surface area contributed by atoms with E-state index in [1.807, 2.05) is 60.7 Å². The van der Waals surface area contributed by atoms with E-state index in [1.165, 1.54) is 0 Å². The summed E-state index contributed by atoms with van der Waals surface area (Å²) in [7, 11) is 0. The van der Waals surface area contributed by atoms with Crippen molar-refractivity contribution < 1.29 is 4.42 Å². The molecule has 0 amide bonds. The number of hydrazone groups is 1. The highest BCUT2D eigenvalue weighted by Crippen LogP contribution is 2.28. The number of aromatic nitrogens is 3. The second kappa shape index (κ2) is 7.92. The fourth-order valence-corrected chi connectivity index (χ4v) is 2.83. The van der Waals surface area contributed by atoms with Crippen LogP contribution in [0, 0.1) is 0 Å². The van der Waals surface area contributed by atoms with E-state index in [9.17, 15) is 0 Å². The zero-order chi connectivity index (χ0) is 18.5. The van der Waals surface area contributed by atoms with E-state index in [4.69, 9.17) is 4.42 Å². The van der Waals surface area contributed by atoms with Gasteiger partial charge >= 0.3 is 0 Å². The van der Waals surface area contributed by atoms with Crippen LogP contribution in [0.1, 0.15) is 5.76 Å². The maximum atomic E-state index is 5.36. The number of furan rings is 1. The van der Waals surface area contributed by atoms with Crippen LogP contribution in [0.3, 0.4) is 0 Å². The topological polar surface area (TPSA) is 76.2 Å². The zero-order valence-electron chi connectivity index (χ0n) is 14.1. The maximum absolute atomic E-state index is 5.36. The highest BCUT2D eigenvalue weighted by atomic mass is 79.9. The van der Waals surface area contributed by atoms with Crippen LogP contribution in [0.15, 0.2) is 87.0 Å². The Labute approximate surface area is 164 Å². The standard InChI is InChI=1S/C20H14BrN5O/c21-17-12-11-16(27-17)13-22-25-20-23-18(14-7-3-1-4-8-14)19(24-26-20)15-9-5-2-6-10-15/h1-13H,(H,23,25,26)/b22-13+. The Morgan fingerprint density at radius 3 is 2.11 bits per heavy atom. The second-order valence-electron chi connectivity index (χ2n) is 5.58. The molecule has 0 aliphatic carbocycles. The first kappa shape index (κ1) is 17.1. The summed E-state index contributed by atoms with van der Waals surface area (Å²) >= 11 is 3.25. The lowest BCUT2D eigenvalue weighted by Crippen LogP contribution is -2.03. The van der Waals surface area contributed by atoms with Crippen molar-refractivity contribution in [3.8, 4) is 22.5 Å². The van der Waals surface area contributed by atoms with Gasteiger partial charge in [0.1, 0.15) is 17.1 Å². The Morgan fingerprint density at radius 2 is 1.48 bits per heavy atom. The lowest BCUT2D eigenvalue weighted by molar-refractivity contribution is 0.534. The maximum Gasteiger partial charge on any atom is 0.263 e. The normalized spacial score (nSPS) is 11.0. The van der Waals surface area contributed by atoms with E-state index in [-0.39, 0.29) is 0 Å². The highest BCUT2D eigenvalue weighted by molar-refractivity contribution is 9.10. The molecule has 0 aliphatic rings. The molecular weight excluding hydrogens is 406 g/mol. The zero-order valence-corrected chi connectivity index (χ0v) is 15.7. The Hall–Kier alpha value is -3.32. The van der Waals surface area contributed by atoms with Crippen molar-refractivity contribution in [2.45, 2.75) is 0 Å². The van der Waals surface area contributed by atoms with Crippen LogP contribution in [-0.4, -0.2) is 21.4 Å². The molecule has 0 unspecified atom stereocenters. The van der Waals surface area contributed by atoms with Gasteiger partial charge in [0.05, 0.1) is 6.21 Å². The van der Waals surface area contributed by atoms with E-state index in [0.717, 1.165) is 16.8 Å². The summed E-state index contributed by atoms with van der Waals surface area (Å²) in [4.78, 5) is 4.62. The van der Waals surface area contributed by atoms with Crippen LogP contribution in [0.2, 0.25) is 0 Å². The molecule has 6 nitrogen and oxygen atoms in total. The van der Waals surface area contributed by atoms with E-state index >= 15 is 0 Å². The number of hydrogen-bond donors (Lipinski definition) is 1. The lowest BCUT2D eigenvalue weighted by Gasteiger charge is -2.09. The van der Waals surface area contributed by atoms with E-state index in [0.29, 0.717) is 22.1 Å². The third kappa shape index (κ3) is 4.09. The van der Waals surface area contributed by atoms with Crippen molar-refractivity contribution in [3.63, 3.8) is 0 Å². The molecule has 27 heavy (non-hydrogen) atoms. The molecule has 4 aromatic rings. The summed E-state index contributed by atoms with van der Waals surface area (Å²) in [5, 5.41) is 12.6. The van der Waals surface area contributed by atoms with Gasteiger partial charge in [0, 0.05) is 11.1 Å². The van der Waals surface area contributed by atoms with Gasteiger partial charge in [-0.05, 0) is 28.1 Å². The molecule has 7 heteroatoms. The molecule has 0 spiro atoms. The second-order valence-corrected chi connectivity index (χ2v) is 6.36. The molecule has 0 fully saturated rings. The molecule has 2 heterocycles. The average Bonchev–Trinajstić information content (AvgIpc) is 3.14. The number of halogens is 1. The van der Waals surface area contributed by atoms with Gasteiger partial charge in [0.25, 0.3) is 5.95 Å². The monoisotopic (exact) mass is 419 g/mol. The molecule has 0 saturated heterocycles. The molecule has 132 valence electrons. The number of nitrogens with one attached hydrogen (secondary N) is 1. The van der Waals surface area contributed by atoms with Crippen molar-refractivity contribution in [2.24, 2.45) is 5.10 Å². The summed E-state index contributed by atoms with van der Waals surface area (Å²) in [6, 6.07) is 23.3. The van der Waals surface area contributed by atoms with Crippen molar-refractivity contribution in [1.82, 2.24) is 15.2 Å². The molecule has 0 saturated carbocycles. The van der Waals surface area contributed by atoms with Gasteiger partial charge in [-0.3, -0.25) is 0 Å². The van der Waals surface area contributed by atoms with Crippen LogP contribution in [0.5, 0.6) is 0 Å². The minimum atomic E-state index is 0.301. The average molecular weight is 420 g/mol. The summed E-state index contributed by atoms with van der Waals surface area (Å²) in [5.74, 6) is 0.905. The minimum Gasteiger partial charge on any atom is -0.448 e. The quantitative estimate of drug-likeness (QED) is 0.363. The molecule has 1 N–H and O–H groups in total. The van der Waals surface area contributed by atoms with Gasteiger partial charge in [-0.15, -0.1) is 10.2 Å². The lowest BCUT2D eigenvalue weighted by atomic mass is 10.0. The predicted molar refractivity (Wildman–Crippen MR) is 108 cm³/mol. The van der Waals surface area contributed by atoms with Crippen molar-refractivity contribution in [3.05, 3.63) is 83.2 Å². The largest absolute Gasteiger partial charge is 0.448 e. The molecule has 0 atom stereocenters. The van der Waals surface area contributed by atoms with Crippen LogP contribution in [0.25, 0.3) is 22.5 Å². The third-order valence-electron chi connectivity index (χ3n) is 3.73. The highest BCUT2D eigenvalue weighted by Gasteiger charge is 2.13. The Morgan fingerprint density at radius 1 is 0.815 bits per heavy atom. The Kier molecular flexibility index (Phi) is 5.02. The van der Waals surface area contributed by atoms with Gasteiger partial charge in [-0.2, -0.15) is 5.10 Å². The Bertz CT molecular complexity index is 1060. The fourth-order valence-electron chi connectivity index (χ4n) is 2.51. The van der Waals surface area contributed by atoms with Crippen LogP contribution >= 0.6 is 15.9 Å². The molecule has 0 radical (unpaired) electrons. The number of rotatable bonds is 5. The summed E-state index contributed by atoms with van der Waals surface area (Å²) in [5.41, 5.74) is 6.15. The smallest absolute Gasteiger partial charge is 0.263 e. The number of nitrogens with zero attached hydrogens (tertiary/aromatic N) is 4. The Balaban J connectivity index is 1.67. The first-order chi connectivity index (χ1) is 13.3. The fraction of sp³-hybridized carbons (Fsp3) is 0. The van der Waals surface area contributed by atoms with Crippen LogP contribution in [-0.2, 0) is 0 Å². The molecule has 0 bridgehead atoms. The SMILES string of the molecule is Brc1ccc(/C=N/Nc2nnc(-c3ccccc3)c(-c3ccccc3)n2)o1. The number of anilines is 1. The first-order valence-electron chi connectivity index (χ1n) is 8.19. The van der Waals surface area contributed by atoms with Gasteiger partial charge < -0.3 is 4.42 Å². The van der Waals surface area contributed by atoms with Crippen molar-refractivity contribution >= 4 is 28.1 Å². The van der Waals surface area contributed by atoms with Crippen LogP contribution < -0.4 is 5.43 Å². The van der Waals surface area contributed by atoms with E-state index in [1.54, 1.807) is 18.3 Å². The summed E-state index contributed by atoms with van der Waals surface area (Å²) in [6.07, 6.45) is 1.54.